The summed E-state index contributed by atoms with van der Waals surface area (Å²) >= 11 is 0. The molecule has 0 aromatic heterocycles. The van der Waals surface area contributed by atoms with Gasteiger partial charge in [0.1, 0.15) is 0 Å². The van der Waals surface area contributed by atoms with Gasteiger partial charge in [-0.2, -0.15) is 0 Å². The maximum Gasteiger partial charge on any atom is 0.185 e. The first-order valence-electron chi connectivity index (χ1n) is 4.76. The van der Waals surface area contributed by atoms with Gasteiger partial charge in [-0.05, 0) is 12.3 Å². The summed E-state index contributed by atoms with van der Waals surface area (Å²) in [6, 6.07) is 0. The molecule has 3 nitrogen and oxygen atoms in total. The lowest BCUT2D eigenvalue weighted by Gasteiger charge is -2.11. The third-order valence-corrected chi connectivity index (χ3v) is 2.11. The van der Waals surface area contributed by atoms with Crippen LogP contribution >= 0.6 is 0 Å². The van der Waals surface area contributed by atoms with Crippen LogP contribution in [0.1, 0.15) is 39.5 Å². The van der Waals surface area contributed by atoms with E-state index in [2.05, 4.69) is 18.8 Å². The summed E-state index contributed by atoms with van der Waals surface area (Å²) in [6.45, 7) is 5.21. The molecule has 0 saturated heterocycles. The zero-order valence-corrected chi connectivity index (χ0v) is 8.21. The number of hydrogen-bond donors (Lipinski definition) is 2. The minimum Gasteiger partial charge on any atom is -0.370 e. The van der Waals surface area contributed by atoms with Crippen LogP contribution < -0.4 is 11.5 Å². The van der Waals surface area contributed by atoms with E-state index in [4.69, 9.17) is 11.5 Å². The van der Waals surface area contributed by atoms with Crippen molar-refractivity contribution >= 4 is 5.96 Å². The first-order chi connectivity index (χ1) is 5.70. The molecule has 0 heterocycles. The molecule has 0 aliphatic carbocycles. The van der Waals surface area contributed by atoms with Gasteiger partial charge in [0.15, 0.2) is 5.96 Å². The fourth-order valence-electron chi connectivity index (χ4n) is 1.34. The molecule has 4 N–H and O–H groups in total. The molecule has 0 radical (unpaired) electrons. The van der Waals surface area contributed by atoms with Crippen molar-refractivity contribution in [3.05, 3.63) is 0 Å². The number of aliphatic imine (C=N–C) groups is 1. The highest BCUT2D eigenvalue weighted by atomic mass is 15.0. The molecule has 0 aliphatic rings. The molecule has 3 heteroatoms. The van der Waals surface area contributed by atoms with Crippen molar-refractivity contribution in [3.63, 3.8) is 0 Å². The Morgan fingerprint density at radius 2 is 1.92 bits per heavy atom. The summed E-state index contributed by atoms with van der Waals surface area (Å²) in [6.07, 6.45) is 4.88. The first-order valence-corrected chi connectivity index (χ1v) is 4.76. The normalized spacial score (nSPS) is 12.5. The van der Waals surface area contributed by atoms with E-state index in [9.17, 15) is 0 Å². The monoisotopic (exact) mass is 171 g/mol. The van der Waals surface area contributed by atoms with Crippen LogP contribution in [0, 0.1) is 5.92 Å². The van der Waals surface area contributed by atoms with Crippen LogP contribution in [-0.2, 0) is 0 Å². The molecule has 0 spiro atoms. The van der Waals surface area contributed by atoms with E-state index < -0.39 is 0 Å². The van der Waals surface area contributed by atoms with Crippen LogP contribution in [0.3, 0.4) is 0 Å². The smallest absolute Gasteiger partial charge is 0.185 e. The predicted molar refractivity (Wildman–Crippen MR) is 54.0 cm³/mol. The molecule has 0 aromatic carbocycles. The highest BCUT2D eigenvalue weighted by Crippen LogP contribution is 2.14. The molecule has 1 unspecified atom stereocenters. The Morgan fingerprint density at radius 1 is 1.25 bits per heavy atom. The van der Waals surface area contributed by atoms with E-state index in [1.807, 2.05) is 0 Å². The molecule has 0 fully saturated rings. The Balaban J connectivity index is 3.51. The van der Waals surface area contributed by atoms with E-state index in [1.165, 1.54) is 19.3 Å². The largest absolute Gasteiger partial charge is 0.370 e. The summed E-state index contributed by atoms with van der Waals surface area (Å²) in [5, 5.41) is 0. The summed E-state index contributed by atoms with van der Waals surface area (Å²) < 4.78 is 0. The molecule has 0 rings (SSSR count). The lowest BCUT2D eigenvalue weighted by atomic mass is 9.97. The lowest BCUT2D eigenvalue weighted by Crippen LogP contribution is -2.23. The third-order valence-electron chi connectivity index (χ3n) is 2.11. The molecule has 0 aromatic rings. The van der Waals surface area contributed by atoms with Crippen molar-refractivity contribution in [2.75, 3.05) is 6.54 Å². The van der Waals surface area contributed by atoms with Gasteiger partial charge in [-0.1, -0.05) is 33.1 Å². The fourth-order valence-corrected chi connectivity index (χ4v) is 1.34. The van der Waals surface area contributed by atoms with Gasteiger partial charge >= 0.3 is 0 Å². The zero-order chi connectivity index (χ0) is 9.40. The van der Waals surface area contributed by atoms with E-state index >= 15 is 0 Å². The second-order valence-electron chi connectivity index (χ2n) is 3.16. The van der Waals surface area contributed by atoms with Crippen molar-refractivity contribution in [2.24, 2.45) is 22.4 Å². The van der Waals surface area contributed by atoms with Crippen LogP contribution in [0.4, 0.5) is 0 Å². The van der Waals surface area contributed by atoms with Crippen LogP contribution in [0.15, 0.2) is 4.99 Å². The van der Waals surface area contributed by atoms with Gasteiger partial charge in [-0.3, -0.25) is 4.99 Å². The Morgan fingerprint density at radius 3 is 2.33 bits per heavy atom. The Kier molecular flexibility index (Phi) is 6.53. The average molecular weight is 171 g/mol. The minimum atomic E-state index is 0.210. The van der Waals surface area contributed by atoms with Crippen molar-refractivity contribution in [3.8, 4) is 0 Å². The van der Waals surface area contributed by atoms with Crippen LogP contribution in [-0.4, -0.2) is 12.5 Å². The Bertz CT molecular complexity index is 128. The van der Waals surface area contributed by atoms with Crippen molar-refractivity contribution in [1.82, 2.24) is 0 Å². The minimum absolute atomic E-state index is 0.210. The quantitative estimate of drug-likeness (QED) is 0.469. The van der Waals surface area contributed by atoms with Gasteiger partial charge in [-0.15, -0.1) is 0 Å². The third kappa shape index (κ3) is 6.01. The van der Waals surface area contributed by atoms with Crippen molar-refractivity contribution in [1.29, 1.82) is 0 Å². The molecule has 12 heavy (non-hydrogen) atoms. The van der Waals surface area contributed by atoms with Crippen LogP contribution in [0.2, 0.25) is 0 Å². The van der Waals surface area contributed by atoms with Gasteiger partial charge in [0, 0.05) is 6.54 Å². The summed E-state index contributed by atoms with van der Waals surface area (Å²) in [4.78, 5) is 3.97. The van der Waals surface area contributed by atoms with Crippen molar-refractivity contribution < 1.29 is 0 Å². The van der Waals surface area contributed by atoms with E-state index in [0.717, 1.165) is 18.9 Å². The molecule has 1 atom stereocenters. The number of nitrogens with two attached hydrogens (primary N) is 2. The maximum absolute atomic E-state index is 5.22. The average Bonchev–Trinajstić information content (AvgIpc) is 2.02. The summed E-state index contributed by atoms with van der Waals surface area (Å²) in [5.41, 5.74) is 10.4. The predicted octanol–water partition coefficient (Wildman–Crippen LogP) is 1.48. The maximum atomic E-state index is 5.22. The Labute approximate surface area is 75.2 Å². The van der Waals surface area contributed by atoms with E-state index in [-0.39, 0.29) is 5.96 Å². The van der Waals surface area contributed by atoms with E-state index in [0.29, 0.717) is 0 Å². The number of hydrogen-bond acceptors (Lipinski definition) is 1. The second kappa shape index (κ2) is 6.95. The van der Waals surface area contributed by atoms with Crippen LogP contribution in [0.5, 0.6) is 0 Å². The second-order valence-corrected chi connectivity index (χ2v) is 3.16. The van der Waals surface area contributed by atoms with Crippen molar-refractivity contribution in [2.45, 2.75) is 39.5 Å². The molecule has 0 saturated carbocycles. The highest BCUT2D eigenvalue weighted by molar-refractivity contribution is 5.75. The first kappa shape index (κ1) is 11.3. The van der Waals surface area contributed by atoms with Gasteiger partial charge in [0.25, 0.3) is 0 Å². The van der Waals surface area contributed by atoms with Gasteiger partial charge in [0.05, 0.1) is 0 Å². The highest BCUT2D eigenvalue weighted by Gasteiger charge is 2.03. The zero-order valence-electron chi connectivity index (χ0n) is 8.21. The summed E-state index contributed by atoms with van der Waals surface area (Å²) in [7, 11) is 0. The number of guanidine groups is 1. The molecule has 0 bridgehead atoms. The molecule has 0 amide bonds. The van der Waals surface area contributed by atoms with Gasteiger partial charge < -0.3 is 11.5 Å². The topological polar surface area (TPSA) is 64.4 Å². The Hall–Kier alpha value is -0.730. The SMILES string of the molecule is CCCC(CC)CCN=C(N)N. The molecule has 0 aliphatic heterocycles. The van der Waals surface area contributed by atoms with E-state index in [1.54, 1.807) is 0 Å². The molecular weight excluding hydrogens is 150 g/mol. The fraction of sp³-hybridized carbons (Fsp3) is 0.889. The molecule has 72 valence electrons. The van der Waals surface area contributed by atoms with Crippen LogP contribution in [0.25, 0.3) is 0 Å². The number of rotatable bonds is 6. The number of nitrogens with zero attached hydrogens (tertiary/aromatic N) is 1. The van der Waals surface area contributed by atoms with Gasteiger partial charge in [0.2, 0.25) is 0 Å². The molecular formula is C9H21N3. The van der Waals surface area contributed by atoms with Gasteiger partial charge in [-0.25, -0.2) is 0 Å². The lowest BCUT2D eigenvalue weighted by molar-refractivity contribution is 0.438. The summed E-state index contributed by atoms with van der Waals surface area (Å²) in [5.74, 6) is 0.999. The standard InChI is InChI=1S/C9H21N3/c1-3-5-8(4-2)6-7-12-9(10)11/h8H,3-7H2,1-2H3,(H4,10,11,12).